The molecule has 30 heavy (non-hydrogen) atoms. The molecule has 7 nitrogen and oxygen atoms in total. The zero-order valence-corrected chi connectivity index (χ0v) is 17.5. The van der Waals surface area contributed by atoms with Crippen LogP contribution in [0.15, 0.2) is 18.2 Å². The fourth-order valence-electron chi connectivity index (χ4n) is 4.30. The first-order chi connectivity index (χ1) is 14.3. The van der Waals surface area contributed by atoms with Gasteiger partial charge in [0.05, 0.1) is 37.4 Å². The number of carbonyl (C=O) groups excluding carboxylic acids is 1. The van der Waals surface area contributed by atoms with Gasteiger partial charge < -0.3 is 10.0 Å². The molecule has 1 N–H and O–H groups in total. The lowest BCUT2D eigenvalue weighted by Gasteiger charge is -2.39. The third-order valence-corrected chi connectivity index (χ3v) is 6.12. The number of hydrogen-bond donors (Lipinski definition) is 1. The Bertz CT molecular complexity index is 987. The number of benzene rings is 1. The summed E-state index contributed by atoms with van der Waals surface area (Å²) in [5.74, 6) is -1.02. The van der Waals surface area contributed by atoms with Crippen LogP contribution in [0.25, 0.3) is 0 Å². The highest BCUT2D eigenvalue weighted by Crippen LogP contribution is 2.25. The monoisotopic (exact) mass is 434 g/mol. The first kappa shape index (κ1) is 20.8. The minimum atomic E-state index is -0.796. The van der Waals surface area contributed by atoms with Gasteiger partial charge in [-0.2, -0.15) is 5.10 Å². The molecule has 1 aromatic carbocycles. The molecular formula is C21H24ClFN4O3. The Hall–Kier alpha value is -2.45. The van der Waals surface area contributed by atoms with E-state index in [0.717, 1.165) is 23.4 Å². The second-order valence-corrected chi connectivity index (χ2v) is 8.56. The molecular weight excluding hydrogens is 411 g/mol. The van der Waals surface area contributed by atoms with Crippen LogP contribution in [0.3, 0.4) is 0 Å². The quantitative estimate of drug-likeness (QED) is 0.754. The summed E-state index contributed by atoms with van der Waals surface area (Å²) in [7, 11) is 0. The van der Waals surface area contributed by atoms with Crippen LogP contribution < -0.4 is 0 Å². The first-order valence-corrected chi connectivity index (χ1v) is 10.4. The largest absolute Gasteiger partial charge is 0.481 e. The molecule has 0 spiro atoms. The fourth-order valence-corrected chi connectivity index (χ4v) is 4.46. The number of aryl methyl sites for hydroxylation is 1. The summed E-state index contributed by atoms with van der Waals surface area (Å²) in [5, 5.41) is 13.8. The first-order valence-electron chi connectivity index (χ1n) is 10.0. The number of carboxylic acids is 1. The van der Waals surface area contributed by atoms with Crippen molar-refractivity contribution in [1.29, 1.82) is 0 Å². The van der Waals surface area contributed by atoms with Crippen LogP contribution in [0.4, 0.5) is 4.39 Å². The normalized spacial score (nSPS) is 17.0. The van der Waals surface area contributed by atoms with E-state index in [4.69, 9.17) is 16.7 Å². The maximum atomic E-state index is 14.2. The van der Waals surface area contributed by atoms with Crippen molar-refractivity contribution >= 4 is 23.5 Å². The molecule has 2 aromatic rings. The van der Waals surface area contributed by atoms with E-state index in [9.17, 15) is 14.0 Å². The Balaban J connectivity index is 1.42. The summed E-state index contributed by atoms with van der Waals surface area (Å²) in [5.41, 5.74) is 3.47. The molecule has 9 heteroatoms. The van der Waals surface area contributed by atoms with Crippen molar-refractivity contribution in [3.63, 3.8) is 0 Å². The smallest absolute Gasteiger partial charge is 0.303 e. The molecule has 2 aliphatic heterocycles. The van der Waals surface area contributed by atoms with E-state index in [2.05, 4.69) is 5.10 Å². The minimum absolute atomic E-state index is 0.0255. The zero-order valence-electron chi connectivity index (χ0n) is 16.8. The standard InChI is InChI=1S/C21H24ClFN4O3/c1-13-17-4-5-26(20(28)12-25-8-14(9-25)6-21(29)30)11-19(17)27(24-13)10-15-2-3-16(22)7-18(15)23/h2-3,7,14H,4-6,8-12H2,1H3,(H,29,30). The van der Waals surface area contributed by atoms with Crippen LogP contribution in [-0.4, -0.2) is 62.7 Å². The number of rotatable bonds is 6. The van der Waals surface area contributed by atoms with Crippen LogP contribution in [0.1, 0.15) is 28.9 Å². The van der Waals surface area contributed by atoms with Gasteiger partial charge in [-0.05, 0) is 37.0 Å². The highest BCUT2D eigenvalue weighted by Gasteiger charge is 2.32. The third-order valence-electron chi connectivity index (χ3n) is 5.88. The average molecular weight is 435 g/mol. The molecule has 3 heterocycles. The van der Waals surface area contributed by atoms with Gasteiger partial charge in [0, 0.05) is 30.2 Å². The second kappa shape index (κ2) is 8.35. The van der Waals surface area contributed by atoms with Crippen LogP contribution in [0.5, 0.6) is 0 Å². The lowest BCUT2D eigenvalue weighted by Crippen LogP contribution is -2.52. The number of aliphatic carboxylic acids is 1. The number of halogens is 2. The van der Waals surface area contributed by atoms with Crippen LogP contribution in [-0.2, 0) is 29.1 Å². The highest BCUT2D eigenvalue weighted by molar-refractivity contribution is 6.30. The predicted octanol–water partition coefficient (Wildman–Crippen LogP) is 2.32. The predicted molar refractivity (Wildman–Crippen MR) is 109 cm³/mol. The van der Waals surface area contributed by atoms with Gasteiger partial charge in [0.25, 0.3) is 0 Å². The topological polar surface area (TPSA) is 78.7 Å². The average Bonchev–Trinajstić information content (AvgIpc) is 2.97. The van der Waals surface area contributed by atoms with Crippen molar-refractivity contribution < 1.29 is 19.1 Å². The summed E-state index contributed by atoms with van der Waals surface area (Å²) in [6.45, 7) is 4.87. The van der Waals surface area contributed by atoms with Gasteiger partial charge in [-0.25, -0.2) is 4.39 Å². The van der Waals surface area contributed by atoms with Crippen molar-refractivity contribution in [3.8, 4) is 0 Å². The SMILES string of the molecule is Cc1nn(Cc2ccc(Cl)cc2F)c2c1CCN(C(=O)CN1CC(CC(=O)O)C1)C2. The maximum Gasteiger partial charge on any atom is 0.303 e. The summed E-state index contributed by atoms with van der Waals surface area (Å²) < 4.78 is 16.0. The third kappa shape index (κ3) is 4.34. The molecule has 1 saturated heterocycles. The van der Waals surface area contributed by atoms with Gasteiger partial charge in [-0.3, -0.25) is 19.2 Å². The van der Waals surface area contributed by atoms with Crippen molar-refractivity contribution in [3.05, 3.63) is 51.6 Å². The molecule has 0 aliphatic carbocycles. The maximum absolute atomic E-state index is 14.2. The van der Waals surface area contributed by atoms with E-state index in [1.54, 1.807) is 16.8 Å². The van der Waals surface area contributed by atoms with Crippen LogP contribution in [0.2, 0.25) is 5.02 Å². The van der Waals surface area contributed by atoms with Crippen molar-refractivity contribution in [2.75, 3.05) is 26.2 Å². The number of carbonyl (C=O) groups is 2. The lowest BCUT2D eigenvalue weighted by molar-refractivity contribution is -0.140. The molecule has 1 amide bonds. The molecule has 0 unspecified atom stereocenters. The minimum Gasteiger partial charge on any atom is -0.481 e. The number of likely N-dealkylation sites (tertiary alicyclic amines) is 1. The zero-order chi connectivity index (χ0) is 21.4. The molecule has 1 aromatic heterocycles. The summed E-state index contributed by atoms with van der Waals surface area (Å²) >= 11 is 5.85. The van der Waals surface area contributed by atoms with E-state index in [0.29, 0.717) is 43.3 Å². The Labute approximate surface area is 179 Å². The van der Waals surface area contributed by atoms with E-state index >= 15 is 0 Å². The molecule has 0 bridgehead atoms. The molecule has 4 rings (SSSR count). The van der Waals surface area contributed by atoms with Gasteiger partial charge in [-0.15, -0.1) is 0 Å². The van der Waals surface area contributed by atoms with Gasteiger partial charge in [0.15, 0.2) is 0 Å². The highest BCUT2D eigenvalue weighted by atomic mass is 35.5. The summed E-state index contributed by atoms with van der Waals surface area (Å²) in [4.78, 5) is 27.3. The Kier molecular flexibility index (Phi) is 5.79. The molecule has 2 aliphatic rings. The van der Waals surface area contributed by atoms with Crippen LogP contribution in [0, 0.1) is 18.7 Å². The van der Waals surface area contributed by atoms with Gasteiger partial charge in [0.2, 0.25) is 5.91 Å². The van der Waals surface area contributed by atoms with E-state index < -0.39 is 5.97 Å². The number of fused-ring (bicyclic) bond motifs is 1. The van der Waals surface area contributed by atoms with Gasteiger partial charge >= 0.3 is 5.97 Å². The second-order valence-electron chi connectivity index (χ2n) is 8.13. The lowest BCUT2D eigenvalue weighted by atomic mass is 9.96. The number of carboxylic acid groups (broad SMARTS) is 1. The number of amides is 1. The van der Waals surface area contributed by atoms with Crippen LogP contribution >= 0.6 is 11.6 Å². The van der Waals surface area contributed by atoms with E-state index in [-0.39, 0.29) is 30.6 Å². The molecule has 0 atom stereocenters. The molecule has 1 fully saturated rings. The van der Waals surface area contributed by atoms with E-state index in [1.807, 2.05) is 16.7 Å². The fraction of sp³-hybridized carbons (Fsp3) is 0.476. The number of nitrogens with zero attached hydrogens (tertiary/aromatic N) is 4. The number of hydrogen-bond acceptors (Lipinski definition) is 4. The molecule has 0 saturated carbocycles. The Morgan fingerprint density at radius 3 is 2.80 bits per heavy atom. The Morgan fingerprint density at radius 2 is 2.10 bits per heavy atom. The molecule has 160 valence electrons. The summed E-state index contributed by atoms with van der Waals surface area (Å²) in [6, 6.07) is 4.60. The van der Waals surface area contributed by atoms with Crippen molar-refractivity contribution in [1.82, 2.24) is 19.6 Å². The number of aromatic nitrogens is 2. The molecule has 0 radical (unpaired) electrons. The van der Waals surface area contributed by atoms with E-state index in [1.165, 1.54) is 6.07 Å². The van der Waals surface area contributed by atoms with Crippen molar-refractivity contribution in [2.45, 2.75) is 32.9 Å². The van der Waals surface area contributed by atoms with Crippen molar-refractivity contribution in [2.24, 2.45) is 5.92 Å². The Morgan fingerprint density at radius 1 is 1.33 bits per heavy atom. The van der Waals surface area contributed by atoms with Gasteiger partial charge in [-0.1, -0.05) is 17.7 Å². The van der Waals surface area contributed by atoms with Gasteiger partial charge in [0.1, 0.15) is 5.82 Å². The summed E-state index contributed by atoms with van der Waals surface area (Å²) in [6.07, 6.45) is 0.870.